The lowest BCUT2D eigenvalue weighted by Gasteiger charge is -2.38. The van der Waals surface area contributed by atoms with Crippen LogP contribution in [0.3, 0.4) is 0 Å². The van der Waals surface area contributed by atoms with Crippen molar-refractivity contribution in [2.75, 3.05) is 40.0 Å². The third kappa shape index (κ3) is 6.82. The molecule has 214 valence electrons. The van der Waals surface area contributed by atoms with Gasteiger partial charge in [0.1, 0.15) is 5.70 Å². The van der Waals surface area contributed by atoms with Crippen molar-refractivity contribution in [3.8, 4) is 0 Å². The molecule has 0 aliphatic carbocycles. The predicted octanol–water partition coefficient (Wildman–Crippen LogP) is 3.22. The van der Waals surface area contributed by atoms with Crippen LogP contribution in [0.15, 0.2) is 46.7 Å². The number of methoxy groups -OCH3 is 1. The first kappa shape index (κ1) is 29.1. The highest BCUT2D eigenvalue weighted by atomic mass is 19.4. The number of fused-ring (bicyclic) bond motifs is 1. The van der Waals surface area contributed by atoms with Gasteiger partial charge in [-0.2, -0.15) is 13.2 Å². The second kappa shape index (κ2) is 12.5. The predicted molar refractivity (Wildman–Crippen MR) is 143 cm³/mol. The molecule has 3 N–H and O–H groups in total. The lowest BCUT2D eigenvalue weighted by atomic mass is 9.96. The van der Waals surface area contributed by atoms with Crippen LogP contribution in [0.2, 0.25) is 0 Å². The maximum Gasteiger partial charge on any atom is 0.416 e. The van der Waals surface area contributed by atoms with Crippen LogP contribution >= 0.6 is 0 Å². The zero-order chi connectivity index (χ0) is 28.2. The maximum absolute atomic E-state index is 13.5. The monoisotopic (exact) mass is 549 g/mol. The number of allylic oxidation sites excluding steroid dienone is 1. The number of hydrogen-bond donors (Lipinski definition) is 2. The molecule has 0 unspecified atom stereocenters. The highest BCUT2D eigenvalue weighted by Gasteiger charge is 2.33. The number of nitrogens with one attached hydrogen (secondary N) is 1. The number of nitrogens with zero attached hydrogens (tertiary/aromatic N) is 3. The highest BCUT2D eigenvalue weighted by Crippen LogP contribution is 2.33. The van der Waals surface area contributed by atoms with E-state index in [2.05, 4.69) is 16.9 Å². The van der Waals surface area contributed by atoms with Gasteiger partial charge in [-0.3, -0.25) is 4.79 Å². The zero-order valence-electron chi connectivity index (χ0n) is 22.6. The molecule has 8 nitrogen and oxygen atoms in total. The van der Waals surface area contributed by atoms with Crippen molar-refractivity contribution in [3.63, 3.8) is 0 Å². The molecule has 0 spiro atoms. The fourth-order valence-corrected chi connectivity index (χ4v) is 5.56. The van der Waals surface area contributed by atoms with E-state index in [0.717, 1.165) is 37.2 Å². The number of alkyl halides is 3. The Labute approximate surface area is 227 Å². The lowest BCUT2D eigenvalue weighted by Crippen LogP contribution is -2.54. The molecule has 11 heteroatoms. The van der Waals surface area contributed by atoms with Crippen molar-refractivity contribution in [2.24, 2.45) is 10.7 Å². The number of hydrogen-bond acceptors (Lipinski definition) is 6. The fourth-order valence-electron chi connectivity index (χ4n) is 5.56. The van der Waals surface area contributed by atoms with Crippen LogP contribution in [-0.2, 0) is 33.4 Å². The Kier molecular flexibility index (Phi) is 9.35. The average molecular weight is 550 g/mol. The minimum atomic E-state index is -4.40. The summed E-state index contributed by atoms with van der Waals surface area (Å²) < 4.78 is 50.8. The average Bonchev–Trinajstić information content (AvgIpc) is 2.94. The summed E-state index contributed by atoms with van der Waals surface area (Å²) in [4.78, 5) is 21.4. The van der Waals surface area contributed by atoms with Crippen LogP contribution in [0.5, 0.6) is 0 Å². The normalized spacial score (nSPS) is 23.5. The number of likely N-dealkylation sites (tertiary alicyclic amines) is 1. The summed E-state index contributed by atoms with van der Waals surface area (Å²) in [5.74, 6) is -0.230. The smallest absolute Gasteiger partial charge is 0.390 e. The number of ether oxygens (including phenoxy) is 2. The van der Waals surface area contributed by atoms with Crippen molar-refractivity contribution in [1.82, 2.24) is 15.1 Å². The van der Waals surface area contributed by atoms with E-state index in [-0.39, 0.29) is 36.3 Å². The molecule has 3 aliphatic heterocycles. The van der Waals surface area contributed by atoms with Gasteiger partial charge in [0.15, 0.2) is 0 Å². The summed E-state index contributed by atoms with van der Waals surface area (Å²) in [6, 6.07) is 4.36. The summed E-state index contributed by atoms with van der Waals surface area (Å²) in [5.41, 5.74) is 7.74. The third-order valence-corrected chi connectivity index (χ3v) is 7.96. The topological polar surface area (TPSA) is 92.4 Å². The van der Waals surface area contributed by atoms with Crippen molar-refractivity contribution >= 4 is 12.2 Å². The van der Waals surface area contributed by atoms with E-state index in [1.807, 2.05) is 4.90 Å². The quantitative estimate of drug-likeness (QED) is 0.235. The second-order valence-corrected chi connectivity index (χ2v) is 10.3. The number of piperidine rings is 1. The molecule has 0 aromatic heterocycles. The second-order valence-electron chi connectivity index (χ2n) is 10.3. The Hall–Kier alpha value is -2.89. The largest absolute Gasteiger partial charge is 0.416 e. The van der Waals surface area contributed by atoms with Crippen LogP contribution in [-0.4, -0.2) is 80.2 Å². The molecule has 2 fully saturated rings. The van der Waals surface area contributed by atoms with Gasteiger partial charge in [-0.15, -0.1) is 0 Å². The molecule has 1 amide bonds. The van der Waals surface area contributed by atoms with E-state index in [4.69, 9.17) is 15.2 Å². The summed E-state index contributed by atoms with van der Waals surface area (Å²) in [5, 5.41) is 3.68. The van der Waals surface area contributed by atoms with Crippen molar-refractivity contribution in [2.45, 2.75) is 63.5 Å². The van der Waals surface area contributed by atoms with Gasteiger partial charge in [0.25, 0.3) is 5.91 Å². The summed E-state index contributed by atoms with van der Waals surface area (Å²) in [6.45, 7) is 9.20. The number of carbonyl (C=O) groups excluding carboxylic acids is 1. The molecule has 3 heterocycles. The summed E-state index contributed by atoms with van der Waals surface area (Å²) >= 11 is 0. The molecular weight excluding hydrogens is 511 g/mol. The van der Waals surface area contributed by atoms with E-state index < -0.39 is 11.7 Å². The number of benzene rings is 1. The number of nitrogens with two attached hydrogens (primary N) is 1. The Morgan fingerprint density at radius 2 is 1.95 bits per heavy atom. The molecule has 1 aromatic carbocycles. The van der Waals surface area contributed by atoms with Crippen molar-refractivity contribution < 1.29 is 27.4 Å². The van der Waals surface area contributed by atoms with Crippen molar-refractivity contribution in [1.29, 1.82) is 0 Å². The van der Waals surface area contributed by atoms with Crippen LogP contribution in [0.4, 0.5) is 13.2 Å². The minimum absolute atomic E-state index is 0.0160. The van der Waals surface area contributed by atoms with Gasteiger partial charge in [-0.05, 0) is 55.9 Å². The Balaban J connectivity index is 1.42. The summed E-state index contributed by atoms with van der Waals surface area (Å²) in [7, 11) is 1.69. The van der Waals surface area contributed by atoms with E-state index in [1.54, 1.807) is 25.0 Å². The molecule has 0 bridgehead atoms. The molecule has 0 radical (unpaired) electrons. The molecule has 2 saturated heterocycles. The molecule has 0 saturated carbocycles. The first-order valence-electron chi connectivity index (χ1n) is 13.4. The van der Waals surface area contributed by atoms with E-state index in [9.17, 15) is 18.0 Å². The number of carbonyl (C=O) groups is 1. The number of aliphatic imine (C=N–C) groups is 1. The third-order valence-electron chi connectivity index (χ3n) is 7.96. The van der Waals surface area contributed by atoms with Gasteiger partial charge >= 0.3 is 6.18 Å². The van der Waals surface area contributed by atoms with Crippen molar-refractivity contribution in [3.05, 3.63) is 58.4 Å². The molecular formula is C28H38F3N5O3. The van der Waals surface area contributed by atoms with Gasteiger partial charge < -0.3 is 30.3 Å². The molecule has 2 atom stereocenters. The Morgan fingerprint density at radius 3 is 2.62 bits per heavy atom. The fraction of sp³-hybridized carbons (Fsp3) is 0.571. The van der Waals surface area contributed by atoms with Gasteiger partial charge in [0, 0.05) is 63.2 Å². The van der Waals surface area contributed by atoms with Crippen LogP contribution < -0.4 is 11.1 Å². The Morgan fingerprint density at radius 1 is 1.21 bits per heavy atom. The lowest BCUT2D eigenvalue weighted by molar-refractivity contribution is -0.137. The Bertz CT molecular complexity index is 1110. The number of amides is 1. The first-order chi connectivity index (χ1) is 18.6. The van der Waals surface area contributed by atoms with Crippen LogP contribution in [0.25, 0.3) is 0 Å². The molecule has 3 aliphatic rings. The van der Waals surface area contributed by atoms with Gasteiger partial charge in [-0.25, -0.2) is 4.99 Å². The maximum atomic E-state index is 13.5. The number of halogens is 3. The van der Waals surface area contributed by atoms with Gasteiger partial charge in [0.05, 0.1) is 24.6 Å². The van der Waals surface area contributed by atoms with Gasteiger partial charge in [-0.1, -0.05) is 12.6 Å². The van der Waals surface area contributed by atoms with Crippen LogP contribution in [0, 0.1) is 0 Å². The molecule has 4 rings (SSSR count). The van der Waals surface area contributed by atoms with E-state index in [1.165, 1.54) is 6.07 Å². The van der Waals surface area contributed by atoms with E-state index in [0.29, 0.717) is 56.1 Å². The van der Waals surface area contributed by atoms with E-state index >= 15 is 0 Å². The minimum Gasteiger partial charge on any atom is -0.390 e. The SMILES string of the molecule is C=C(/C(C)=C(\N=C/N)C(=O)N1CCC(N[C@@H]2CCOC[C@@H]2OC)CC1)N1CCc2ccc(C(F)(F)F)cc2C1. The summed E-state index contributed by atoms with van der Waals surface area (Å²) in [6.07, 6.45) is -0.236. The molecule has 1 aromatic rings. The first-order valence-corrected chi connectivity index (χ1v) is 13.4. The highest BCUT2D eigenvalue weighted by molar-refractivity contribution is 5.95. The number of rotatable bonds is 7. The standard InChI is InChI=1S/C28H38F3N5O3/c1-18(19(2)36-10-6-20-4-5-22(28(29,30)31)14-21(20)15-36)26(33-17-32)27(37)35-11-7-23(8-12-35)34-24-9-13-39-16-25(24)38-3/h4-5,14,17,23-25,34H,2,6-13,15-16H2,1,3H3,(H2,32,33)/b26-18-/t24-,25+/m1/s1. The zero-order valence-corrected chi connectivity index (χ0v) is 22.6. The van der Waals surface area contributed by atoms with Gasteiger partial charge in [0.2, 0.25) is 0 Å². The van der Waals surface area contributed by atoms with Crippen LogP contribution in [0.1, 0.15) is 42.9 Å². The molecule has 39 heavy (non-hydrogen) atoms.